The number of aliphatic hydroxyl groups excluding tert-OH is 2. The molecule has 2 aliphatic carbocycles. The van der Waals surface area contributed by atoms with Crippen LogP contribution in [0.3, 0.4) is 0 Å². The zero-order chi connectivity index (χ0) is 27.4. The molecule has 38 heavy (non-hydrogen) atoms. The van der Waals surface area contributed by atoms with Crippen LogP contribution in [0.1, 0.15) is 58.3 Å². The second-order valence-corrected chi connectivity index (χ2v) is 11.4. The van der Waals surface area contributed by atoms with Gasteiger partial charge in [0.1, 0.15) is 17.7 Å². The molecule has 5 rings (SSSR count). The first-order chi connectivity index (χ1) is 18.0. The number of aryl methyl sites for hydroxylation is 2. The highest BCUT2D eigenvalue weighted by Gasteiger charge is 2.48. The number of nitrogens with one attached hydrogen (secondary N) is 2. The summed E-state index contributed by atoms with van der Waals surface area (Å²) in [5.41, 5.74) is 1.59. The Hall–Kier alpha value is -2.95. The van der Waals surface area contributed by atoms with E-state index in [4.69, 9.17) is 19.1 Å². The molecular formula is C28H39N5O5. The van der Waals surface area contributed by atoms with Crippen molar-refractivity contribution in [3.63, 3.8) is 0 Å². The third kappa shape index (κ3) is 5.17. The summed E-state index contributed by atoms with van der Waals surface area (Å²) < 4.78 is 11.9. The van der Waals surface area contributed by atoms with E-state index in [1.807, 2.05) is 32.9 Å². The standard InChI is InChI=1S/C28H39N5O5/c1-7-37-21-11-17-10-20(38-25(17)15(4)29-21)22-14(3)31-27(30-13(2)16-8-9-16)33-26(22)32-19-12-18(28(5,6)36)23(34)24(19)35/h10-11,13,16,18-19,23-24,34-36H,7-9,12H2,1-6H3,(H2,30,31,32,33). The van der Waals surface area contributed by atoms with Gasteiger partial charge in [0.2, 0.25) is 11.8 Å². The van der Waals surface area contributed by atoms with E-state index >= 15 is 0 Å². The number of fused-ring (bicyclic) bond motifs is 1. The van der Waals surface area contributed by atoms with Crippen molar-refractivity contribution in [1.82, 2.24) is 15.0 Å². The van der Waals surface area contributed by atoms with Crippen molar-refractivity contribution in [2.75, 3.05) is 17.2 Å². The van der Waals surface area contributed by atoms with Gasteiger partial charge in [-0.05, 0) is 72.8 Å². The summed E-state index contributed by atoms with van der Waals surface area (Å²) >= 11 is 0. The van der Waals surface area contributed by atoms with E-state index < -0.39 is 29.8 Å². The van der Waals surface area contributed by atoms with Crippen LogP contribution < -0.4 is 15.4 Å². The first-order valence-corrected chi connectivity index (χ1v) is 13.5. The van der Waals surface area contributed by atoms with Gasteiger partial charge >= 0.3 is 0 Å². The number of aromatic nitrogens is 3. The molecule has 3 aromatic rings. The van der Waals surface area contributed by atoms with Crippen LogP contribution in [0.4, 0.5) is 11.8 Å². The van der Waals surface area contributed by atoms with E-state index in [1.54, 1.807) is 13.8 Å². The molecule has 3 heterocycles. The molecule has 0 spiro atoms. The van der Waals surface area contributed by atoms with Crippen LogP contribution in [0.25, 0.3) is 22.3 Å². The van der Waals surface area contributed by atoms with Gasteiger partial charge < -0.3 is 35.1 Å². The molecule has 10 heteroatoms. The van der Waals surface area contributed by atoms with Gasteiger partial charge in [0, 0.05) is 23.4 Å². The third-order valence-electron chi connectivity index (χ3n) is 7.87. The number of hydrogen-bond acceptors (Lipinski definition) is 10. The SMILES string of the molecule is CCOc1cc2cc(-c3c(C)nc(NC(C)C4CC4)nc3NC3CC(C(C)(C)O)C(O)C3O)oc2c(C)n1. The molecule has 0 amide bonds. The molecule has 0 saturated heterocycles. The van der Waals surface area contributed by atoms with Gasteiger partial charge in [-0.3, -0.25) is 0 Å². The number of furan rings is 1. The molecule has 2 saturated carbocycles. The van der Waals surface area contributed by atoms with Crippen LogP contribution in [-0.4, -0.2) is 66.8 Å². The molecule has 5 atom stereocenters. The van der Waals surface area contributed by atoms with Gasteiger partial charge in [0.25, 0.3) is 0 Å². The van der Waals surface area contributed by atoms with Gasteiger partial charge in [0.05, 0.1) is 41.3 Å². The lowest BCUT2D eigenvalue weighted by Gasteiger charge is -2.28. The summed E-state index contributed by atoms with van der Waals surface area (Å²) in [7, 11) is 0. The van der Waals surface area contributed by atoms with Crippen LogP contribution in [0.15, 0.2) is 16.5 Å². The van der Waals surface area contributed by atoms with E-state index in [2.05, 4.69) is 22.5 Å². The molecule has 2 aliphatic rings. The molecule has 206 valence electrons. The second-order valence-electron chi connectivity index (χ2n) is 11.4. The number of nitrogens with zero attached hydrogens (tertiary/aromatic N) is 3. The zero-order valence-corrected chi connectivity index (χ0v) is 22.9. The van der Waals surface area contributed by atoms with Crippen LogP contribution in [0.5, 0.6) is 5.88 Å². The number of pyridine rings is 1. The van der Waals surface area contributed by atoms with Crippen molar-refractivity contribution in [2.24, 2.45) is 11.8 Å². The minimum atomic E-state index is -1.14. The summed E-state index contributed by atoms with van der Waals surface area (Å²) in [6.45, 7) is 11.6. The van der Waals surface area contributed by atoms with Crippen molar-refractivity contribution < 1.29 is 24.5 Å². The summed E-state index contributed by atoms with van der Waals surface area (Å²) in [4.78, 5) is 14.1. The molecule has 0 aromatic carbocycles. The maximum absolute atomic E-state index is 10.9. The predicted octanol–water partition coefficient (Wildman–Crippen LogP) is 3.80. The van der Waals surface area contributed by atoms with Gasteiger partial charge in [-0.1, -0.05) is 0 Å². The third-order valence-corrected chi connectivity index (χ3v) is 7.87. The van der Waals surface area contributed by atoms with Crippen molar-refractivity contribution in [1.29, 1.82) is 0 Å². The summed E-state index contributed by atoms with van der Waals surface area (Å²) in [6, 6.07) is 3.48. The summed E-state index contributed by atoms with van der Waals surface area (Å²) in [6.07, 6.45) is 0.611. The molecule has 5 N–H and O–H groups in total. The highest BCUT2D eigenvalue weighted by Crippen LogP contribution is 2.40. The molecule has 3 aromatic heterocycles. The van der Waals surface area contributed by atoms with E-state index in [0.717, 1.165) is 5.39 Å². The van der Waals surface area contributed by atoms with Crippen LogP contribution in [0, 0.1) is 25.7 Å². The summed E-state index contributed by atoms with van der Waals surface area (Å²) in [5, 5.41) is 39.8. The maximum atomic E-state index is 10.9. The molecule has 2 fully saturated rings. The van der Waals surface area contributed by atoms with Crippen molar-refractivity contribution >= 4 is 22.7 Å². The number of aliphatic hydroxyl groups is 3. The fraction of sp³-hybridized carbons (Fsp3) is 0.607. The quantitative estimate of drug-likeness (QED) is 0.279. The zero-order valence-electron chi connectivity index (χ0n) is 22.9. The highest BCUT2D eigenvalue weighted by molar-refractivity contribution is 5.88. The smallest absolute Gasteiger partial charge is 0.225 e. The van der Waals surface area contributed by atoms with E-state index in [-0.39, 0.29) is 6.04 Å². The topological polar surface area (TPSA) is 146 Å². The van der Waals surface area contributed by atoms with Crippen molar-refractivity contribution in [3.05, 3.63) is 23.5 Å². The average Bonchev–Trinajstić information content (AvgIpc) is 3.53. The van der Waals surface area contributed by atoms with E-state index in [0.29, 0.717) is 64.9 Å². The molecular weight excluding hydrogens is 486 g/mol. The number of ether oxygens (including phenoxy) is 1. The number of hydrogen-bond donors (Lipinski definition) is 5. The normalized spacial score (nSPS) is 24.6. The Morgan fingerprint density at radius 2 is 1.84 bits per heavy atom. The summed E-state index contributed by atoms with van der Waals surface area (Å²) in [5.74, 6) is 2.20. The molecule has 0 aliphatic heterocycles. The Kier molecular flexibility index (Phi) is 7.00. The lowest BCUT2D eigenvalue weighted by molar-refractivity contribution is -0.0601. The van der Waals surface area contributed by atoms with Crippen molar-refractivity contribution in [2.45, 2.75) is 90.7 Å². The Labute approximate surface area is 222 Å². The first kappa shape index (κ1) is 26.6. The average molecular weight is 526 g/mol. The van der Waals surface area contributed by atoms with Crippen LogP contribution in [-0.2, 0) is 0 Å². The minimum absolute atomic E-state index is 0.239. The van der Waals surface area contributed by atoms with Gasteiger partial charge in [0.15, 0.2) is 5.58 Å². The first-order valence-electron chi connectivity index (χ1n) is 13.5. The van der Waals surface area contributed by atoms with Gasteiger partial charge in [-0.2, -0.15) is 4.98 Å². The van der Waals surface area contributed by atoms with Gasteiger partial charge in [-0.15, -0.1) is 0 Å². The Morgan fingerprint density at radius 3 is 2.47 bits per heavy atom. The van der Waals surface area contributed by atoms with E-state index in [1.165, 1.54) is 12.8 Å². The monoisotopic (exact) mass is 525 g/mol. The lowest BCUT2D eigenvalue weighted by atomic mass is 9.88. The molecule has 0 radical (unpaired) electrons. The fourth-order valence-corrected chi connectivity index (χ4v) is 5.53. The largest absolute Gasteiger partial charge is 0.478 e. The highest BCUT2D eigenvalue weighted by atomic mass is 16.5. The number of rotatable bonds is 9. The van der Waals surface area contributed by atoms with Gasteiger partial charge in [-0.25, -0.2) is 9.97 Å². The van der Waals surface area contributed by atoms with Crippen LogP contribution in [0.2, 0.25) is 0 Å². The lowest BCUT2D eigenvalue weighted by Crippen LogP contribution is -2.40. The predicted molar refractivity (Wildman–Crippen MR) is 145 cm³/mol. The van der Waals surface area contributed by atoms with Crippen LogP contribution >= 0.6 is 0 Å². The maximum Gasteiger partial charge on any atom is 0.225 e. The van der Waals surface area contributed by atoms with E-state index in [9.17, 15) is 15.3 Å². The Balaban J connectivity index is 1.55. The Bertz CT molecular complexity index is 1320. The second kappa shape index (κ2) is 9.98. The molecule has 10 nitrogen and oxygen atoms in total. The fourth-order valence-electron chi connectivity index (χ4n) is 5.53. The molecule has 0 bridgehead atoms. The number of anilines is 2. The molecule has 5 unspecified atom stereocenters. The van der Waals surface area contributed by atoms with Crippen molar-refractivity contribution in [3.8, 4) is 17.2 Å². The minimum Gasteiger partial charge on any atom is -0.478 e. The Morgan fingerprint density at radius 1 is 1.11 bits per heavy atom.